The van der Waals surface area contributed by atoms with Crippen LogP contribution < -0.4 is 11.1 Å². The summed E-state index contributed by atoms with van der Waals surface area (Å²) >= 11 is 0. The second-order valence-electron chi connectivity index (χ2n) is 6.52. The Hall–Kier alpha value is -3.31. The second kappa shape index (κ2) is 7.13. The molecule has 1 aliphatic heterocycles. The zero-order valence-electron chi connectivity index (χ0n) is 14.9. The summed E-state index contributed by atoms with van der Waals surface area (Å²) in [6.07, 6.45) is 1.33. The fourth-order valence-electron chi connectivity index (χ4n) is 2.95. The number of carbonyl (C=O) groups is 1. The molecule has 3 rings (SSSR count). The van der Waals surface area contributed by atoms with Crippen LogP contribution in [0.2, 0.25) is 0 Å². The van der Waals surface area contributed by atoms with Gasteiger partial charge >= 0.3 is 0 Å². The summed E-state index contributed by atoms with van der Waals surface area (Å²) < 4.78 is 19.8. The number of nitrogens with one attached hydrogen (secondary N) is 1. The third kappa shape index (κ3) is 3.78. The molecule has 0 saturated carbocycles. The first-order chi connectivity index (χ1) is 12.8. The molecule has 0 spiro atoms. The van der Waals surface area contributed by atoms with Crippen LogP contribution in [-0.2, 0) is 10.3 Å². The van der Waals surface area contributed by atoms with Crippen LogP contribution >= 0.6 is 0 Å². The van der Waals surface area contributed by atoms with Gasteiger partial charge in [-0.3, -0.25) is 9.79 Å². The van der Waals surface area contributed by atoms with E-state index in [9.17, 15) is 9.18 Å². The van der Waals surface area contributed by atoms with Crippen molar-refractivity contribution in [3.63, 3.8) is 0 Å². The lowest BCUT2D eigenvalue weighted by atomic mass is 9.92. The highest BCUT2D eigenvalue weighted by Crippen LogP contribution is 2.32. The highest BCUT2D eigenvalue weighted by atomic mass is 19.1. The molecule has 0 aliphatic carbocycles. The minimum Gasteiger partial charge on any atom is -0.386 e. The minimum absolute atomic E-state index is 0.179. The molecule has 1 atom stereocenters. The van der Waals surface area contributed by atoms with Crippen LogP contribution in [0.5, 0.6) is 0 Å². The van der Waals surface area contributed by atoms with Crippen LogP contribution in [0.4, 0.5) is 10.1 Å². The number of aliphatic imine (C=N–C) groups is 1. The summed E-state index contributed by atoms with van der Waals surface area (Å²) in [6, 6.07) is 7.78. The van der Waals surface area contributed by atoms with Gasteiger partial charge in [0.05, 0.1) is 12.2 Å². The Morgan fingerprint density at radius 2 is 2.22 bits per heavy atom. The monoisotopic (exact) mass is 367 g/mol. The largest absolute Gasteiger partial charge is 0.386 e. The standard InChI is InChI=1S/C19H18FN5O2/c1-11-5-12(7-21)8-23-17(11)18(26)24-13-3-4-15(20)14(6-13)19(2)10-27-9-16(22)25-19/h3-6,8H,9-10H2,1-2H3,(H2,22,25)(H,24,26)/t19-/m0/s1. The maximum absolute atomic E-state index is 14.4. The van der Waals surface area contributed by atoms with E-state index in [2.05, 4.69) is 15.3 Å². The lowest BCUT2D eigenvalue weighted by molar-refractivity contribution is 0.102. The van der Waals surface area contributed by atoms with Gasteiger partial charge in [-0.25, -0.2) is 9.37 Å². The molecule has 0 bridgehead atoms. The van der Waals surface area contributed by atoms with Crippen molar-refractivity contribution < 1.29 is 13.9 Å². The number of aryl methyl sites for hydroxylation is 1. The number of ether oxygens (including phenoxy) is 1. The first-order valence-electron chi connectivity index (χ1n) is 8.22. The fraction of sp³-hybridized carbons (Fsp3) is 0.263. The van der Waals surface area contributed by atoms with Gasteiger partial charge in [0, 0.05) is 17.4 Å². The molecule has 0 radical (unpaired) electrons. The van der Waals surface area contributed by atoms with Gasteiger partial charge in [-0.05, 0) is 43.7 Å². The molecule has 0 saturated heterocycles. The average Bonchev–Trinajstić information content (AvgIpc) is 2.62. The summed E-state index contributed by atoms with van der Waals surface area (Å²) in [4.78, 5) is 20.9. The van der Waals surface area contributed by atoms with E-state index in [0.717, 1.165) is 0 Å². The van der Waals surface area contributed by atoms with Crippen molar-refractivity contribution >= 4 is 17.4 Å². The fourth-order valence-corrected chi connectivity index (χ4v) is 2.95. The number of aromatic nitrogens is 1. The summed E-state index contributed by atoms with van der Waals surface area (Å²) in [7, 11) is 0. The third-order valence-electron chi connectivity index (χ3n) is 4.25. The molecule has 1 aromatic carbocycles. The van der Waals surface area contributed by atoms with Gasteiger partial charge in [-0.1, -0.05) is 0 Å². The molecule has 1 aliphatic rings. The first-order valence-corrected chi connectivity index (χ1v) is 8.22. The highest BCUT2D eigenvalue weighted by molar-refractivity contribution is 6.03. The van der Waals surface area contributed by atoms with Crippen LogP contribution in [-0.4, -0.2) is 29.9 Å². The van der Waals surface area contributed by atoms with Gasteiger partial charge < -0.3 is 15.8 Å². The van der Waals surface area contributed by atoms with E-state index in [0.29, 0.717) is 16.8 Å². The van der Waals surface area contributed by atoms with Crippen molar-refractivity contribution in [2.24, 2.45) is 10.7 Å². The van der Waals surface area contributed by atoms with E-state index in [1.165, 1.54) is 24.4 Å². The number of hydrogen-bond acceptors (Lipinski definition) is 6. The van der Waals surface area contributed by atoms with Crippen molar-refractivity contribution in [2.45, 2.75) is 19.4 Å². The molecule has 3 N–H and O–H groups in total. The number of nitriles is 1. The Morgan fingerprint density at radius 1 is 1.44 bits per heavy atom. The molecule has 0 unspecified atom stereocenters. The average molecular weight is 367 g/mol. The number of hydrogen-bond donors (Lipinski definition) is 2. The van der Waals surface area contributed by atoms with Crippen LogP contribution in [0, 0.1) is 24.1 Å². The van der Waals surface area contributed by atoms with Crippen molar-refractivity contribution in [2.75, 3.05) is 18.5 Å². The SMILES string of the molecule is Cc1cc(C#N)cnc1C(=O)Nc1ccc(F)c([C@]2(C)COCC(N)=N2)c1. The molecule has 2 aromatic rings. The zero-order valence-corrected chi connectivity index (χ0v) is 14.9. The summed E-state index contributed by atoms with van der Waals surface area (Å²) in [5.41, 5.74) is 6.55. The molecular weight excluding hydrogens is 349 g/mol. The Bertz CT molecular complexity index is 983. The zero-order chi connectivity index (χ0) is 19.6. The molecule has 27 heavy (non-hydrogen) atoms. The van der Waals surface area contributed by atoms with E-state index in [1.54, 1.807) is 19.9 Å². The minimum atomic E-state index is -0.976. The summed E-state index contributed by atoms with van der Waals surface area (Å²) in [6.45, 7) is 3.79. The number of amidine groups is 1. The molecule has 0 fully saturated rings. The highest BCUT2D eigenvalue weighted by Gasteiger charge is 2.33. The quantitative estimate of drug-likeness (QED) is 0.864. The topological polar surface area (TPSA) is 113 Å². The molecular formula is C19H18FN5O2. The molecule has 7 nitrogen and oxygen atoms in total. The number of benzene rings is 1. The van der Waals surface area contributed by atoms with E-state index >= 15 is 0 Å². The maximum Gasteiger partial charge on any atom is 0.274 e. The van der Waals surface area contributed by atoms with Crippen molar-refractivity contribution in [1.82, 2.24) is 4.98 Å². The van der Waals surface area contributed by atoms with E-state index in [4.69, 9.17) is 15.7 Å². The number of halogens is 1. The number of nitrogens with two attached hydrogens (primary N) is 1. The molecule has 138 valence electrons. The van der Waals surface area contributed by atoms with Gasteiger partial charge in [0.15, 0.2) is 0 Å². The van der Waals surface area contributed by atoms with Crippen LogP contribution in [0.25, 0.3) is 0 Å². The van der Waals surface area contributed by atoms with Gasteiger partial charge in [0.25, 0.3) is 5.91 Å². The summed E-state index contributed by atoms with van der Waals surface area (Å²) in [5.74, 6) is -0.636. The van der Waals surface area contributed by atoms with Crippen molar-refractivity contribution in [3.05, 3.63) is 58.7 Å². The molecule has 8 heteroatoms. The van der Waals surface area contributed by atoms with Gasteiger partial charge in [0.2, 0.25) is 0 Å². The number of amides is 1. The van der Waals surface area contributed by atoms with Gasteiger partial charge in [-0.2, -0.15) is 5.26 Å². The molecule has 1 amide bonds. The number of anilines is 1. The molecule has 2 heterocycles. The normalized spacial score (nSPS) is 19.1. The van der Waals surface area contributed by atoms with E-state index in [1.807, 2.05) is 6.07 Å². The van der Waals surface area contributed by atoms with Crippen LogP contribution in [0.1, 0.15) is 34.1 Å². The van der Waals surface area contributed by atoms with Gasteiger partial charge in [-0.15, -0.1) is 0 Å². The maximum atomic E-state index is 14.4. The number of pyridine rings is 1. The molecule has 1 aromatic heterocycles. The van der Waals surface area contributed by atoms with Crippen molar-refractivity contribution in [3.8, 4) is 6.07 Å². The van der Waals surface area contributed by atoms with Gasteiger partial charge in [0.1, 0.15) is 35.6 Å². The first kappa shape index (κ1) is 18.5. The smallest absolute Gasteiger partial charge is 0.274 e. The Morgan fingerprint density at radius 3 is 2.89 bits per heavy atom. The van der Waals surface area contributed by atoms with E-state index < -0.39 is 17.3 Å². The van der Waals surface area contributed by atoms with Crippen LogP contribution in [0.3, 0.4) is 0 Å². The Labute approximate surface area is 155 Å². The van der Waals surface area contributed by atoms with E-state index in [-0.39, 0.29) is 30.3 Å². The Kier molecular flexibility index (Phi) is 4.88. The summed E-state index contributed by atoms with van der Waals surface area (Å²) in [5, 5.41) is 11.6. The lowest BCUT2D eigenvalue weighted by Gasteiger charge is -2.30. The Balaban J connectivity index is 1.90. The van der Waals surface area contributed by atoms with Crippen molar-refractivity contribution in [1.29, 1.82) is 5.26 Å². The number of nitrogens with zero attached hydrogens (tertiary/aromatic N) is 3. The van der Waals surface area contributed by atoms with Crippen LogP contribution in [0.15, 0.2) is 35.5 Å². The number of rotatable bonds is 3. The number of carbonyl (C=O) groups excluding carboxylic acids is 1. The predicted octanol–water partition coefficient (Wildman–Crippen LogP) is 2.26. The second-order valence-corrected chi connectivity index (χ2v) is 6.52. The predicted molar refractivity (Wildman–Crippen MR) is 97.8 cm³/mol. The lowest BCUT2D eigenvalue weighted by Crippen LogP contribution is -2.38. The third-order valence-corrected chi connectivity index (χ3v) is 4.25.